The van der Waals surface area contributed by atoms with E-state index in [0.717, 1.165) is 0 Å². The summed E-state index contributed by atoms with van der Waals surface area (Å²) < 4.78 is 1.61. The van der Waals surface area contributed by atoms with Gasteiger partial charge in [0.1, 0.15) is 0 Å². The van der Waals surface area contributed by atoms with E-state index in [2.05, 4.69) is 44.2 Å². The van der Waals surface area contributed by atoms with Crippen molar-refractivity contribution in [3.8, 4) is 0 Å². The minimum atomic E-state index is 0. The molecule has 1 aromatic rings. The Morgan fingerprint density at radius 2 is 1.56 bits per heavy atom. The molecular formula is C13H15Cl2Zr. The molecule has 0 N–H and O–H groups in total. The molecule has 0 fully saturated rings. The maximum Gasteiger partial charge on any atom is -0.147 e. The van der Waals surface area contributed by atoms with E-state index >= 15 is 0 Å². The van der Waals surface area contributed by atoms with E-state index in [1.807, 2.05) is 0 Å². The van der Waals surface area contributed by atoms with Crippen molar-refractivity contribution in [3.63, 3.8) is 0 Å². The molecule has 0 radical (unpaired) electrons. The first-order valence-corrected chi connectivity index (χ1v) is 6.10. The third-order valence-corrected chi connectivity index (χ3v) is 4.12. The second-order valence-electron chi connectivity index (χ2n) is 3.80. The first-order valence-electron chi connectivity index (χ1n) is 4.87. The normalized spacial score (nSPS) is 14.6. The van der Waals surface area contributed by atoms with Crippen molar-refractivity contribution < 1.29 is 24.7 Å². The molecule has 0 atom stereocenters. The van der Waals surface area contributed by atoms with Gasteiger partial charge < -0.3 is 0 Å². The minimum absolute atomic E-state index is 0. The smallest absolute Gasteiger partial charge is 0.147 e. The minimum Gasteiger partial charge on any atom is -0.147 e. The van der Waals surface area contributed by atoms with Gasteiger partial charge in [-0.1, -0.05) is 0 Å². The second-order valence-corrected chi connectivity index (χ2v) is 5.29. The Kier molecular flexibility index (Phi) is 6.86. The molecule has 1 aromatic carbocycles. The summed E-state index contributed by atoms with van der Waals surface area (Å²) in [5, 5.41) is 0. The Morgan fingerprint density at radius 1 is 1.00 bits per heavy atom. The summed E-state index contributed by atoms with van der Waals surface area (Å²) in [5.41, 5.74) is 5.89. The van der Waals surface area contributed by atoms with E-state index in [0.29, 0.717) is 0 Å². The van der Waals surface area contributed by atoms with Gasteiger partial charge in [-0.25, -0.2) is 0 Å². The molecule has 0 saturated heterocycles. The predicted molar refractivity (Wildman–Crippen MR) is 70.8 cm³/mol. The van der Waals surface area contributed by atoms with Crippen molar-refractivity contribution in [2.24, 2.45) is 0 Å². The van der Waals surface area contributed by atoms with Gasteiger partial charge in [-0.05, 0) is 0 Å². The molecule has 1 aliphatic rings. The van der Waals surface area contributed by atoms with Crippen molar-refractivity contribution in [2.45, 2.75) is 20.3 Å². The topological polar surface area (TPSA) is 0 Å². The van der Waals surface area contributed by atoms with Gasteiger partial charge in [-0.15, -0.1) is 24.8 Å². The molecular weight excluding hydrogens is 318 g/mol. The van der Waals surface area contributed by atoms with Crippen LogP contribution in [0.25, 0.3) is 5.57 Å². The van der Waals surface area contributed by atoms with E-state index in [9.17, 15) is 0 Å². The van der Waals surface area contributed by atoms with Crippen molar-refractivity contribution >= 4 is 30.4 Å². The summed E-state index contributed by atoms with van der Waals surface area (Å²) in [7, 11) is 0. The number of halogens is 2. The van der Waals surface area contributed by atoms with Gasteiger partial charge in [-0.2, -0.15) is 0 Å². The third-order valence-electron chi connectivity index (χ3n) is 2.76. The van der Waals surface area contributed by atoms with Crippen LogP contribution in [0.2, 0.25) is 0 Å². The van der Waals surface area contributed by atoms with Gasteiger partial charge in [0.15, 0.2) is 0 Å². The van der Waals surface area contributed by atoms with Crippen molar-refractivity contribution in [3.05, 3.63) is 50.3 Å². The summed E-state index contributed by atoms with van der Waals surface area (Å²) in [6.07, 6.45) is 1.19. The van der Waals surface area contributed by atoms with Crippen LogP contribution in [0.5, 0.6) is 0 Å². The van der Waals surface area contributed by atoms with Crippen LogP contribution < -0.4 is 0 Å². The molecule has 0 heterocycles. The van der Waals surface area contributed by atoms with Crippen LogP contribution >= 0.6 is 24.8 Å². The van der Waals surface area contributed by atoms with Gasteiger partial charge >= 0.3 is 101 Å². The van der Waals surface area contributed by atoms with Gasteiger partial charge in [0.25, 0.3) is 0 Å². The number of hydrogen-bond donors (Lipinski definition) is 0. The SMILES string of the molecule is CC1=C(c2ccccc2)C(C)=[C]([Zr])C1.Cl.Cl. The predicted octanol–water partition coefficient (Wildman–Crippen LogP) is 4.53. The van der Waals surface area contributed by atoms with E-state index in [1.165, 1.54) is 28.7 Å². The molecule has 3 heteroatoms. The number of benzene rings is 1. The molecule has 16 heavy (non-hydrogen) atoms. The van der Waals surface area contributed by atoms with Crippen LogP contribution in [0.4, 0.5) is 0 Å². The fourth-order valence-electron chi connectivity index (χ4n) is 2.02. The zero-order valence-corrected chi connectivity index (χ0v) is 13.5. The molecule has 0 saturated carbocycles. The first kappa shape index (κ1) is 16.2. The Balaban J connectivity index is 0.00000112. The zero-order chi connectivity index (χ0) is 10.1. The molecule has 0 aromatic heterocycles. The van der Waals surface area contributed by atoms with Crippen LogP contribution in [-0.2, 0) is 24.7 Å². The summed E-state index contributed by atoms with van der Waals surface area (Å²) in [5.74, 6) is 0. The van der Waals surface area contributed by atoms with Crippen molar-refractivity contribution in [1.29, 1.82) is 0 Å². The van der Waals surface area contributed by atoms with Gasteiger partial charge in [0.2, 0.25) is 0 Å². The van der Waals surface area contributed by atoms with E-state index < -0.39 is 0 Å². The molecule has 0 amide bonds. The Hall–Kier alpha value is 0.163. The first-order chi connectivity index (χ1) is 6.70. The molecule has 85 valence electrons. The summed E-state index contributed by atoms with van der Waals surface area (Å²) in [6, 6.07) is 10.7. The average Bonchev–Trinajstić information content (AvgIpc) is 2.43. The molecule has 2 rings (SSSR count). The van der Waals surface area contributed by atoms with Gasteiger partial charge in [-0.3, -0.25) is 0 Å². The van der Waals surface area contributed by atoms with Crippen molar-refractivity contribution in [2.75, 3.05) is 0 Å². The summed E-state index contributed by atoms with van der Waals surface area (Å²) in [4.78, 5) is 0. The fourth-order valence-corrected chi connectivity index (χ4v) is 2.98. The van der Waals surface area contributed by atoms with E-state index in [1.54, 1.807) is 28.0 Å². The number of hydrogen-bond acceptors (Lipinski definition) is 0. The largest absolute Gasteiger partial charge is 0.147 e. The molecule has 0 nitrogen and oxygen atoms in total. The summed E-state index contributed by atoms with van der Waals surface area (Å²) in [6.45, 7) is 4.51. The standard InChI is InChI=1S/C13H13.2ClH.Zr/c1-10-8-9-11(2)13(10)12-6-4-3-5-7-12;;;/h3-7H,8H2,1-2H3;2*1H;. The van der Waals surface area contributed by atoms with E-state index in [4.69, 9.17) is 0 Å². The Morgan fingerprint density at radius 3 is 2.00 bits per heavy atom. The van der Waals surface area contributed by atoms with Gasteiger partial charge in [0, 0.05) is 0 Å². The zero-order valence-electron chi connectivity index (χ0n) is 9.41. The second kappa shape index (κ2) is 6.79. The molecule has 0 spiro atoms. The van der Waals surface area contributed by atoms with Crippen molar-refractivity contribution in [1.82, 2.24) is 0 Å². The Bertz CT molecular complexity index is 419. The number of allylic oxidation sites excluding steroid dienone is 4. The number of rotatable bonds is 1. The van der Waals surface area contributed by atoms with Crippen LogP contribution in [0, 0.1) is 0 Å². The molecule has 0 unspecified atom stereocenters. The maximum absolute atomic E-state index is 2.25. The fraction of sp³-hybridized carbons (Fsp3) is 0.231. The molecule has 0 bridgehead atoms. The van der Waals surface area contributed by atoms with E-state index in [-0.39, 0.29) is 24.8 Å². The van der Waals surface area contributed by atoms with Crippen LogP contribution in [-0.4, -0.2) is 0 Å². The Labute approximate surface area is 125 Å². The van der Waals surface area contributed by atoms with Crippen LogP contribution in [0.3, 0.4) is 0 Å². The maximum atomic E-state index is 2.25. The summed E-state index contributed by atoms with van der Waals surface area (Å²) >= 11 is 1.56. The van der Waals surface area contributed by atoms with Crippen LogP contribution in [0.15, 0.2) is 44.8 Å². The third kappa shape index (κ3) is 3.09. The monoisotopic (exact) mass is 331 g/mol. The molecule has 0 aliphatic heterocycles. The molecule has 1 aliphatic carbocycles. The quantitative estimate of drug-likeness (QED) is 0.708. The average molecular weight is 333 g/mol. The van der Waals surface area contributed by atoms with Crippen LogP contribution in [0.1, 0.15) is 25.8 Å². The van der Waals surface area contributed by atoms with Gasteiger partial charge in [0.05, 0.1) is 0 Å².